The molecule has 0 aliphatic rings. The van der Waals surface area contributed by atoms with Crippen molar-refractivity contribution in [2.75, 3.05) is 0 Å². The standard InChI is InChI=1S/C31H33ClN2O3/c1-20-10-13-24(26(32)16-20)30(22-8-6-5-7-9-22)34-28(35)18-21-11-14-27-25(17-21)23(19-33-27)12-15-29(36)37-31(2,3)4/h5-11,13-14,16-17,19,30,33H,12,15,18H2,1-4H3,(H,34,35). The van der Waals surface area contributed by atoms with E-state index in [1.165, 1.54) is 0 Å². The van der Waals surface area contributed by atoms with E-state index in [1.54, 1.807) is 0 Å². The average Bonchev–Trinajstić information content (AvgIpc) is 3.23. The Morgan fingerprint density at radius 3 is 2.49 bits per heavy atom. The molecule has 0 saturated heterocycles. The minimum atomic E-state index is -0.502. The van der Waals surface area contributed by atoms with E-state index in [9.17, 15) is 9.59 Å². The van der Waals surface area contributed by atoms with Gasteiger partial charge < -0.3 is 15.0 Å². The zero-order valence-electron chi connectivity index (χ0n) is 21.7. The maximum atomic E-state index is 13.2. The van der Waals surface area contributed by atoms with E-state index in [0.717, 1.165) is 38.7 Å². The van der Waals surface area contributed by atoms with Crippen LogP contribution in [0.5, 0.6) is 0 Å². The van der Waals surface area contributed by atoms with Crippen molar-refractivity contribution in [1.82, 2.24) is 10.3 Å². The third-order valence-electron chi connectivity index (χ3n) is 6.12. The van der Waals surface area contributed by atoms with Crippen molar-refractivity contribution in [3.63, 3.8) is 0 Å². The van der Waals surface area contributed by atoms with Gasteiger partial charge in [-0.05, 0) is 80.1 Å². The summed E-state index contributed by atoms with van der Waals surface area (Å²) in [6, 6.07) is 21.3. The molecule has 1 unspecified atom stereocenters. The number of aromatic nitrogens is 1. The highest BCUT2D eigenvalue weighted by Crippen LogP contribution is 2.29. The summed E-state index contributed by atoms with van der Waals surface area (Å²) in [6.45, 7) is 7.58. The number of fused-ring (bicyclic) bond motifs is 1. The lowest BCUT2D eigenvalue weighted by Crippen LogP contribution is -2.30. The Labute approximate surface area is 223 Å². The lowest BCUT2D eigenvalue weighted by molar-refractivity contribution is -0.154. The van der Waals surface area contributed by atoms with Gasteiger partial charge >= 0.3 is 5.97 Å². The van der Waals surface area contributed by atoms with Crippen LogP contribution >= 0.6 is 11.6 Å². The van der Waals surface area contributed by atoms with Gasteiger partial charge in [-0.15, -0.1) is 0 Å². The number of ether oxygens (including phenoxy) is 1. The molecule has 0 bridgehead atoms. The quantitative estimate of drug-likeness (QED) is 0.251. The van der Waals surface area contributed by atoms with Crippen LogP contribution < -0.4 is 5.32 Å². The highest BCUT2D eigenvalue weighted by atomic mass is 35.5. The van der Waals surface area contributed by atoms with E-state index in [-0.39, 0.29) is 24.3 Å². The summed E-state index contributed by atoms with van der Waals surface area (Å²) in [5.74, 6) is -0.324. The van der Waals surface area contributed by atoms with E-state index >= 15 is 0 Å². The van der Waals surface area contributed by atoms with Gasteiger partial charge in [-0.1, -0.05) is 60.1 Å². The number of H-pyrrole nitrogens is 1. The number of carbonyl (C=O) groups is 2. The maximum absolute atomic E-state index is 13.2. The van der Waals surface area contributed by atoms with Crippen LogP contribution in [0.25, 0.3) is 10.9 Å². The predicted octanol–water partition coefficient (Wildman–Crippen LogP) is 6.85. The normalized spacial score (nSPS) is 12.4. The van der Waals surface area contributed by atoms with Gasteiger partial charge in [0.15, 0.2) is 0 Å². The van der Waals surface area contributed by atoms with E-state index in [2.05, 4.69) is 10.3 Å². The number of rotatable bonds is 8. The Bertz CT molecular complexity index is 1400. The minimum Gasteiger partial charge on any atom is -0.460 e. The van der Waals surface area contributed by atoms with Crippen LogP contribution in [-0.4, -0.2) is 22.5 Å². The number of aryl methyl sites for hydroxylation is 2. The van der Waals surface area contributed by atoms with Crippen molar-refractivity contribution in [2.24, 2.45) is 0 Å². The average molecular weight is 517 g/mol. The Morgan fingerprint density at radius 1 is 1.03 bits per heavy atom. The first-order valence-corrected chi connectivity index (χ1v) is 12.9. The predicted molar refractivity (Wildman–Crippen MR) is 149 cm³/mol. The number of hydrogen-bond acceptors (Lipinski definition) is 3. The summed E-state index contributed by atoms with van der Waals surface area (Å²) in [7, 11) is 0. The van der Waals surface area contributed by atoms with E-state index in [0.29, 0.717) is 17.9 Å². The molecular weight excluding hydrogens is 484 g/mol. The molecule has 0 aliphatic carbocycles. The number of amides is 1. The monoisotopic (exact) mass is 516 g/mol. The first-order chi connectivity index (χ1) is 17.6. The second-order valence-electron chi connectivity index (χ2n) is 10.4. The SMILES string of the molecule is Cc1ccc(C(NC(=O)Cc2ccc3[nH]cc(CCC(=O)OC(C)(C)C)c3c2)c2ccccc2)c(Cl)c1. The van der Waals surface area contributed by atoms with Crippen molar-refractivity contribution >= 4 is 34.4 Å². The molecule has 6 heteroatoms. The first kappa shape index (κ1) is 26.5. The van der Waals surface area contributed by atoms with Gasteiger partial charge in [0.25, 0.3) is 0 Å². The number of halogens is 1. The van der Waals surface area contributed by atoms with Gasteiger partial charge in [0.1, 0.15) is 5.60 Å². The van der Waals surface area contributed by atoms with Crippen LogP contribution in [0.1, 0.15) is 61.1 Å². The Hall–Kier alpha value is -3.57. The summed E-state index contributed by atoms with van der Waals surface area (Å²) in [4.78, 5) is 28.7. The third kappa shape index (κ3) is 7.01. The topological polar surface area (TPSA) is 71.2 Å². The second kappa shape index (κ2) is 11.2. The molecule has 1 aromatic heterocycles. The molecular formula is C31H33ClN2O3. The Kier molecular flexibility index (Phi) is 8.03. The summed E-state index contributed by atoms with van der Waals surface area (Å²) in [5, 5.41) is 4.82. The van der Waals surface area contributed by atoms with Gasteiger partial charge in [-0.25, -0.2) is 0 Å². The number of benzene rings is 3. The molecule has 0 fully saturated rings. The number of hydrogen-bond donors (Lipinski definition) is 2. The Balaban J connectivity index is 1.50. The fraction of sp³-hybridized carbons (Fsp3) is 0.290. The summed E-state index contributed by atoms with van der Waals surface area (Å²) >= 11 is 6.59. The lowest BCUT2D eigenvalue weighted by atomic mass is 9.97. The van der Waals surface area contributed by atoms with Gasteiger partial charge in [0, 0.05) is 28.5 Å². The van der Waals surface area contributed by atoms with E-state index < -0.39 is 5.60 Å². The van der Waals surface area contributed by atoms with E-state index in [1.807, 2.05) is 101 Å². The smallest absolute Gasteiger partial charge is 0.306 e. The molecule has 2 N–H and O–H groups in total. The van der Waals surface area contributed by atoms with Crippen LogP contribution in [0, 0.1) is 6.92 Å². The molecule has 37 heavy (non-hydrogen) atoms. The van der Waals surface area contributed by atoms with Crippen LogP contribution in [-0.2, 0) is 27.2 Å². The lowest BCUT2D eigenvalue weighted by Gasteiger charge is -2.21. The first-order valence-electron chi connectivity index (χ1n) is 12.5. The molecule has 0 aliphatic heterocycles. The fourth-order valence-electron chi connectivity index (χ4n) is 4.42. The van der Waals surface area contributed by atoms with Crippen LogP contribution in [0.2, 0.25) is 5.02 Å². The highest BCUT2D eigenvalue weighted by Gasteiger charge is 2.20. The van der Waals surface area contributed by atoms with Crippen molar-refractivity contribution in [3.8, 4) is 0 Å². The maximum Gasteiger partial charge on any atom is 0.306 e. The number of esters is 1. The number of aromatic amines is 1. The molecule has 1 heterocycles. The molecule has 3 aromatic carbocycles. The fourth-order valence-corrected chi connectivity index (χ4v) is 4.77. The van der Waals surface area contributed by atoms with Gasteiger partial charge in [0.05, 0.1) is 12.5 Å². The van der Waals surface area contributed by atoms with Gasteiger partial charge in [-0.3, -0.25) is 9.59 Å². The Morgan fingerprint density at radius 2 is 1.78 bits per heavy atom. The zero-order chi connectivity index (χ0) is 26.6. The van der Waals surface area contributed by atoms with Crippen molar-refractivity contribution in [1.29, 1.82) is 0 Å². The van der Waals surface area contributed by atoms with E-state index in [4.69, 9.17) is 16.3 Å². The second-order valence-corrected chi connectivity index (χ2v) is 10.8. The molecule has 4 rings (SSSR count). The molecule has 4 aromatic rings. The molecule has 1 amide bonds. The van der Waals surface area contributed by atoms with Gasteiger partial charge in [0.2, 0.25) is 5.91 Å². The minimum absolute atomic E-state index is 0.101. The third-order valence-corrected chi connectivity index (χ3v) is 6.45. The number of carbonyl (C=O) groups excluding carboxylic acids is 2. The molecule has 192 valence electrons. The zero-order valence-corrected chi connectivity index (χ0v) is 22.5. The molecule has 5 nitrogen and oxygen atoms in total. The van der Waals surface area contributed by atoms with Crippen LogP contribution in [0.3, 0.4) is 0 Å². The van der Waals surface area contributed by atoms with Crippen molar-refractivity contribution in [3.05, 3.63) is 106 Å². The summed E-state index contributed by atoms with van der Waals surface area (Å²) in [6.07, 6.45) is 3.00. The summed E-state index contributed by atoms with van der Waals surface area (Å²) < 4.78 is 5.44. The molecule has 1 atom stereocenters. The highest BCUT2D eigenvalue weighted by molar-refractivity contribution is 6.31. The van der Waals surface area contributed by atoms with Crippen LogP contribution in [0.15, 0.2) is 72.9 Å². The van der Waals surface area contributed by atoms with Crippen molar-refractivity contribution < 1.29 is 14.3 Å². The molecule has 0 spiro atoms. The molecule has 0 radical (unpaired) electrons. The van der Waals surface area contributed by atoms with Gasteiger partial charge in [-0.2, -0.15) is 0 Å². The summed E-state index contributed by atoms with van der Waals surface area (Å²) in [5.41, 5.74) is 5.27. The largest absolute Gasteiger partial charge is 0.460 e. The van der Waals surface area contributed by atoms with Crippen molar-refractivity contribution in [2.45, 2.75) is 58.6 Å². The molecule has 0 saturated carbocycles. The van der Waals surface area contributed by atoms with Crippen LogP contribution in [0.4, 0.5) is 0 Å². The number of nitrogens with one attached hydrogen (secondary N) is 2.